The van der Waals surface area contributed by atoms with Gasteiger partial charge in [-0.05, 0) is 42.7 Å². The van der Waals surface area contributed by atoms with Crippen LogP contribution >= 0.6 is 0 Å². The molecule has 4 amide bonds. The lowest BCUT2D eigenvalue weighted by Crippen LogP contribution is -2.57. The molecule has 0 aromatic heterocycles. The summed E-state index contributed by atoms with van der Waals surface area (Å²) in [6, 6.07) is 11.0. The molecule has 4 N–H and O–H groups in total. The number of methoxy groups -OCH3 is 1. The number of benzene rings is 2. The first-order valence-corrected chi connectivity index (χ1v) is 13.2. The van der Waals surface area contributed by atoms with Crippen molar-refractivity contribution in [2.45, 2.75) is 31.9 Å². The summed E-state index contributed by atoms with van der Waals surface area (Å²) < 4.78 is 5.45. The molecule has 2 aromatic carbocycles. The van der Waals surface area contributed by atoms with Crippen LogP contribution in [0.4, 0.5) is 16.2 Å². The number of carbonyl (C=O) groups excluding carboxylic acids is 3. The molecule has 2 aromatic rings. The molecule has 214 valence electrons. The molecule has 2 atom stereocenters. The summed E-state index contributed by atoms with van der Waals surface area (Å²) in [6.07, 6.45) is -0.695. The van der Waals surface area contributed by atoms with Gasteiger partial charge in [-0.25, -0.2) is 4.79 Å². The summed E-state index contributed by atoms with van der Waals surface area (Å²) in [7, 11) is 1.47. The van der Waals surface area contributed by atoms with Crippen molar-refractivity contribution >= 4 is 35.2 Å². The van der Waals surface area contributed by atoms with Crippen LogP contribution in [0.25, 0.3) is 0 Å². The van der Waals surface area contributed by atoms with Gasteiger partial charge in [0.25, 0.3) is 0 Å². The summed E-state index contributed by atoms with van der Waals surface area (Å²) in [5.41, 5.74) is 2.65. The number of carboxylic acid groups (broad SMARTS) is 1. The molecule has 12 heteroatoms. The summed E-state index contributed by atoms with van der Waals surface area (Å²) in [5, 5.41) is 25.1. The Morgan fingerprint density at radius 3 is 2.35 bits per heavy atom. The van der Waals surface area contributed by atoms with Crippen molar-refractivity contribution in [3.63, 3.8) is 0 Å². The van der Waals surface area contributed by atoms with Gasteiger partial charge in [0.2, 0.25) is 11.8 Å². The Morgan fingerprint density at radius 1 is 0.975 bits per heavy atom. The number of ether oxygens (including phenoxy) is 1. The van der Waals surface area contributed by atoms with Gasteiger partial charge in [0.1, 0.15) is 11.8 Å². The van der Waals surface area contributed by atoms with Gasteiger partial charge in [0.15, 0.2) is 0 Å². The number of nitrogens with zero attached hydrogens (tertiary/aromatic N) is 3. The van der Waals surface area contributed by atoms with E-state index in [-0.39, 0.29) is 31.3 Å². The van der Waals surface area contributed by atoms with Crippen LogP contribution in [0.2, 0.25) is 0 Å². The van der Waals surface area contributed by atoms with Gasteiger partial charge in [-0.2, -0.15) is 0 Å². The number of carbonyl (C=O) groups is 4. The first kappa shape index (κ1) is 28.8. The molecule has 0 aliphatic carbocycles. The van der Waals surface area contributed by atoms with Gasteiger partial charge in [-0.3, -0.25) is 19.3 Å². The number of carboxylic acids is 1. The van der Waals surface area contributed by atoms with Crippen molar-refractivity contribution in [1.82, 2.24) is 14.7 Å². The smallest absolute Gasteiger partial charge is 0.323 e. The molecule has 0 unspecified atom stereocenters. The molecule has 12 nitrogen and oxygen atoms in total. The number of hydrogen-bond donors (Lipinski definition) is 4. The topological polar surface area (TPSA) is 152 Å². The predicted octanol–water partition coefficient (Wildman–Crippen LogP) is 1.38. The van der Waals surface area contributed by atoms with Crippen LogP contribution in [0, 0.1) is 6.92 Å². The van der Waals surface area contributed by atoms with E-state index in [4.69, 9.17) is 9.84 Å². The Bertz CT molecular complexity index is 1260. The molecule has 2 fully saturated rings. The molecule has 2 aliphatic rings. The Hall–Kier alpha value is -4.16. The number of urea groups is 1. The van der Waals surface area contributed by atoms with Gasteiger partial charge in [-0.15, -0.1) is 0 Å². The zero-order chi connectivity index (χ0) is 28.8. The third-order valence-electron chi connectivity index (χ3n) is 7.24. The molecule has 0 spiro atoms. The highest BCUT2D eigenvalue weighted by molar-refractivity contribution is 6.01. The molecule has 0 bridgehead atoms. The van der Waals surface area contributed by atoms with Crippen LogP contribution in [-0.2, 0) is 20.8 Å². The lowest BCUT2D eigenvalue weighted by molar-refractivity contribution is -0.148. The lowest BCUT2D eigenvalue weighted by atomic mass is 10.1. The molecular weight excluding hydrogens is 518 g/mol. The van der Waals surface area contributed by atoms with E-state index >= 15 is 0 Å². The first-order chi connectivity index (χ1) is 19.2. The van der Waals surface area contributed by atoms with Crippen LogP contribution in [0.5, 0.6) is 5.75 Å². The monoisotopic (exact) mass is 553 g/mol. The maximum atomic E-state index is 13.3. The first-order valence-electron chi connectivity index (χ1n) is 13.2. The third kappa shape index (κ3) is 6.88. The quantitative estimate of drug-likeness (QED) is 0.383. The molecule has 2 saturated heterocycles. The SMILES string of the molecule is COc1cc(CC(=O)N2CC[C@H](O)[C@H]2C(=O)N2CCN(CC(=O)O)CC2)ccc1NC(=O)Nc1ccccc1C. The molecule has 2 aliphatic heterocycles. The van der Waals surface area contributed by atoms with E-state index in [0.717, 1.165) is 5.56 Å². The van der Waals surface area contributed by atoms with Gasteiger partial charge in [0.05, 0.1) is 31.9 Å². The summed E-state index contributed by atoms with van der Waals surface area (Å²) in [4.78, 5) is 54.8. The van der Waals surface area contributed by atoms with Crippen LogP contribution < -0.4 is 15.4 Å². The number of aliphatic hydroxyl groups excluding tert-OH is 1. The molecule has 40 heavy (non-hydrogen) atoms. The third-order valence-corrected chi connectivity index (χ3v) is 7.24. The van der Waals surface area contributed by atoms with E-state index in [1.54, 1.807) is 34.1 Å². The van der Waals surface area contributed by atoms with E-state index in [1.165, 1.54) is 12.0 Å². The number of nitrogens with one attached hydrogen (secondary N) is 2. The van der Waals surface area contributed by atoms with Gasteiger partial charge in [0, 0.05) is 38.4 Å². The fraction of sp³-hybridized carbons (Fsp3) is 0.429. The second-order valence-electron chi connectivity index (χ2n) is 9.99. The molecule has 0 saturated carbocycles. The maximum absolute atomic E-state index is 13.3. The Morgan fingerprint density at radius 2 is 1.68 bits per heavy atom. The number of hydrogen-bond acceptors (Lipinski definition) is 7. The van der Waals surface area contributed by atoms with Crippen LogP contribution in [0.15, 0.2) is 42.5 Å². The summed E-state index contributed by atoms with van der Waals surface area (Å²) in [5.74, 6) is -1.18. The van der Waals surface area contributed by atoms with E-state index in [1.807, 2.05) is 25.1 Å². The Kier molecular flexibility index (Phi) is 9.22. The minimum Gasteiger partial charge on any atom is -0.495 e. The highest BCUT2D eigenvalue weighted by Gasteiger charge is 2.43. The normalized spacial score (nSPS) is 19.3. The molecule has 4 rings (SSSR count). The Labute approximate surface area is 232 Å². The van der Waals surface area contributed by atoms with Gasteiger partial charge < -0.3 is 35.4 Å². The van der Waals surface area contributed by atoms with Gasteiger partial charge >= 0.3 is 12.0 Å². The minimum atomic E-state index is -0.980. The average molecular weight is 554 g/mol. The molecule has 0 radical (unpaired) electrons. The van der Waals surface area contributed by atoms with E-state index in [0.29, 0.717) is 55.3 Å². The van der Waals surface area contributed by atoms with Crippen molar-refractivity contribution in [3.8, 4) is 5.75 Å². The number of amides is 4. The summed E-state index contributed by atoms with van der Waals surface area (Å²) >= 11 is 0. The fourth-order valence-corrected chi connectivity index (χ4v) is 5.07. The second-order valence-corrected chi connectivity index (χ2v) is 9.99. The number of aliphatic hydroxyl groups is 1. The number of aryl methyl sites for hydroxylation is 1. The Balaban J connectivity index is 1.38. The number of likely N-dealkylation sites (tertiary alicyclic amines) is 1. The van der Waals surface area contributed by atoms with Crippen LogP contribution in [0.3, 0.4) is 0 Å². The van der Waals surface area contributed by atoms with E-state index in [2.05, 4.69) is 10.6 Å². The van der Waals surface area contributed by atoms with Crippen molar-refractivity contribution < 1.29 is 34.1 Å². The van der Waals surface area contributed by atoms with E-state index in [9.17, 15) is 24.3 Å². The van der Waals surface area contributed by atoms with Crippen molar-refractivity contribution in [1.29, 1.82) is 0 Å². The number of para-hydroxylation sites is 1. The van der Waals surface area contributed by atoms with Crippen LogP contribution in [0.1, 0.15) is 17.5 Å². The second kappa shape index (κ2) is 12.8. The highest BCUT2D eigenvalue weighted by Crippen LogP contribution is 2.28. The minimum absolute atomic E-state index is 0.0189. The zero-order valence-electron chi connectivity index (χ0n) is 22.6. The molecular formula is C28H35N5O7. The van der Waals surface area contributed by atoms with E-state index < -0.39 is 24.1 Å². The summed E-state index contributed by atoms with van der Waals surface area (Å²) in [6.45, 7) is 3.55. The largest absolute Gasteiger partial charge is 0.495 e. The van der Waals surface area contributed by atoms with Crippen molar-refractivity contribution in [2.24, 2.45) is 0 Å². The number of anilines is 2. The number of rotatable bonds is 8. The lowest BCUT2D eigenvalue weighted by Gasteiger charge is -2.37. The highest BCUT2D eigenvalue weighted by atomic mass is 16.5. The van der Waals surface area contributed by atoms with Gasteiger partial charge in [-0.1, -0.05) is 24.3 Å². The maximum Gasteiger partial charge on any atom is 0.323 e. The zero-order valence-corrected chi connectivity index (χ0v) is 22.6. The fourth-order valence-electron chi connectivity index (χ4n) is 5.07. The van der Waals surface area contributed by atoms with Crippen molar-refractivity contribution in [3.05, 3.63) is 53.6 Å². The number of aliphatic carboxylic acids is 1. The van der Waals surface area contributed by atoms with Crippen LogP contribution in [-0.4, -0.2) is 107 Å². The predicted molar refractivity (Wildman–Crippen MR) is 147 cm³/mol. The van der Waals surface area contributed by atoms with Crippen molar-refractivity contribution in [2.75, 3.05) is 57.0 Å². The number of piperazine rings is 1. The standard InChI is InChI=1S/C28H35N5O7/c1-18-5-3-4-6-20(18)29-28(39)30-21-8-7-19(15-23(21)40-2)16-24(35)33-10-9-22(34)26(33)27(38)32-13-11-31(12-14-32)17-25(36)37/h3-8,15,22,26,34H,9-14,16-17H2,1-2H3,(H,36,37)(H2,29,30,39)/t22-,26-/m0/s1. The average Bonchev–Trinajstić information content (AvgIpc) is 3.32. The molecule has 2 heterocycles.